The summed E-state index contributed by atoms with van der Waals surface area (Å²) in [5.41, 5.74) is 0.483. The van der Waals surface area contributed by atoms with Gasteiger partial charge in [-0.3, -0.25) is 0 Å². The molecule has 0 N–H and O–H groups in total. The fourth-order valence-corrected chi connectivity index (χ4v) is 1.69. The van der Waals surface area contributed by atoms with Gasteiger partial charge in [-0.25, -0.2) is 12.8 Å². The molecule has 1 atom stereocenters. The highest BCUT2D eigenvalue weighted by molar-refractivity contribution is 8.13. The summed E-state index contributed by atoms with van der Waals surface area (Å²) in [6, 6.07) is 5.21. The van der Waals surface area contributed by atoms with Gasteiger partial charge >= 0.3 is 0 Å². The van der Waals surface area contributed by atoms with Gasteiger partial charge in [0.1, 0.15) is 5.82 Å². The molecule has 5 heteroatoms. The summed E-state index contributed by atoms with van der Waals surface area (Å²) >= 11 is 0. The second kappa shape index (κ2) is 3.64. The fourth-order valence-electron chi connectivity index (χ4n) is 0.896. The highest BCUT2D eigenvalue weighted by Crippen LogP contribution is 2.24. The second-order valence-corrected chi connectivity index (χ2v) is 5.62. The Morgan fingerprint density at radius 3 is 2.15 bits per heavy atom. The predicted molar refractivity (Wildman–Crippen MR) is 49.6 cm³/mol. The predicted octanol–water partition coefficient (Wildman–Crippen LogP) is 2.46. The van der Waals surface area contributed by atoms with Gasteiger partial charge in [0.15, 0.2) is 0 Å². The van der Waals surface area contributed by atoms with E-state index in [9.17, 15) is 12.8 Å². The molecular weight excluding hydrogens is 215 g/mol. The number of hydrogen-bond acceptors (Lipinski definition) is 2. The molecule has 0 spiro atoms. The van der Waals surface area contributed by atoms with Crippen LogP contribution in [0, 0.1) is 5.82 Å². The van der Waals surface area contributed by atoms with Gasteiger partial charge in [-0.05, 0) is 24.6 Å². The number of hydrogen-bond donors (Lipinski definition) is 0. The SMILES string of the molecule is CC(c1ccc(F)cc1)S(=O)(=O)Cl. The molecule has 0 fully saturated rings. The molecule has 1 aromatic rings. The van der Waals surface area contributed by atoms with E-state index in [1.165, 1.54) is 31.2 Å². The summed E-state index contributed by atoms with van der Waals surface area (Å²) in [4.78, 5) is 0. The Balaban J connectivity index is 3.04. The van der Waals surface area contributed by atoms with E-state index >= 15 is 0 Å². The Hall–Kier alpha value is -0.610. The lowest BCUT2D eigenvalue weighted by Gasteiger charge is -2.06. The Kier molecular flexibility index (Phi) is 2.93. The van der Waals surface area contributed by atoms with Crippen LogP contribution in [0.3, 0.4) is 0 Å². The van der Waals surface area contributed by atoms with Crippen molar-refractivity contribution in [3.8, 4) is 0 Å². The summed E-state index contributed by atoms with van der Waals surface area (Å²) in [6.07, 6.45) is 0. The van der Waals surface area contributed by atoms with Crippen molar-refractivity contribution in [2.24, 2.45) is 0 Å². The molecule has 1 rings (SSSR count). The van der Waals surface area contributed by atoms with Crippen LogP contribution in [0.25, 0.3) is 0 Å². The average Bonchev–Trinajstić information content (AvgIpc) is 2.03. The van der Waals surface area contributed by atoms with Gasteiger partial charge in [-0.1, -0.05) is 12.1 Å². The van der Waals surface area contributed by atoms with Crippen molar-refractivity contribution in [2.75, 3.05) is 0 Å². The zero-order valence-corrected chi connectivity index (χ0v) is 8.44. The quantitative estimate of drug-likeness (QED) is 0.721. The first-order valence-corrected chi connectivity index (χ1v) is 5.97. The smallest absolute Gasteiger partial charge is 0.212 e. The zero-order valence-electron chi connectivity index (χ0n) is 6.87. The van der Waals surface area contributed by atoms with Crippen LogP contribution in [0.1, 0.15) is 17.7 Å². The van der Waals surface area contributed by atoms with Crippen LogP contribution in [0.2, 0.25) is 0 Å². The van der Waals surface area contributed by atoms with E-state index in [0.717, 1.165) is 0 Å². The molecule has 0 aromatic heterocycles. The number of halogens is 2. The van der Waals surface area contributed by atoms with Gasteiger partial charge in [-0.15, -0.1) is 0 Å². The molecule has 0 bridgehead atoms. The maximum absolute atomic E-state index is 12.5. The summed E-state index contributed by atoms with van der Waals surface area (Å²) in [7, 11) is 1.52. The van der Waals surface area contributed by atoms with Crippen LogP contribution in [0.5, 0.6) is 0 Å². The minimum atomic E-state index is -3.62. The first-order chi connectivity index (χ1) is 5.91. The topological polar surface area (TPSA) is 34.1 Å². The van der Waals surface area contributed by atoms with Crippen molar-refractivity contribution in [1.29, 1.82) is 0 Å². The third-order valence-electron chi connectivity index (χ3n) is 1.76. The monoisotopic (exact) mass is 222 g/mol. The second-order valence-electron chi connectivity index (χ2n) is 2.67. The Bertz CT molecular complexity index is 385. The van der Waals surface area contributed by atoms with E-state index in [4.69, 9.17) is 10.7 Å². The van der Waals surface area contributed by atoms with Gasteiger partial charge in [0, 0.05) is 10.7 Å². The molecule has 0 heterocycles. The summed E-state index contributed by atoms with van der Waals surface area (Å²) in [6.45, 7) is 1.45. The fraction of sp³-hybridized carbons (Fsp3) is 0.250. The van der Waals surface area contributed by atoms with Gasteiger partial charge in [0.25, 0.3) is 0 Å². The van der Waals surface area contributed by atoms with E-state index in [1.54, 1.807) is 0 Å². The minimum Gasteiger partial charge on any atom is -0.212 e. The normalized spacial score (nSPS) is 14.1. The lowest BCUT2D eigenvalue weighted by Crippen LogP contribution is -2.02. The first kappa shape index (κ1) is 10.5. The van der Waals surface area contributed by atoms with Crippen LogP contribution >= 0.6 is 10.7 Å². The summed E-state index contributed by atoms with van der Waals surface area (Å²) in [5.74, 6) is -0.400. The van der Waals surface area contributed by atoms with Gasteiger partial charge in [0.2, 0.25) is 9.05 Å². The molecule has 2 nitrogen and oxygen atoms in total. The van der Waals surface area contributed by atoms with Crippen molar-refractivity contribution in [3.05, 3.63) is 35.6 Å². The van der Waals surface area contributed by atoms with Gasteiger partial charge < -0.3 is 0 Å². The zero-order chi connectivity index (χ0) is 10.1. The lowest BCUT2D eigenvalue weighted by molar-refractivity contribution is 0.599. The van der Waals surface area contributed by atoms with E-state index in [0.29, 0.717) is 5.56 Å². The van der Waals surface area contributed by atoms with Crippen molar-refractivity contribution in [3.63, 3.8) is 0 Å². The van der Waals surface area contributed by atoms with Crippen molar-refractivity contribution in [2.45, 2.75) is 12.2 Å². The highest BCUT2D eigenvalue weighted by Gasteiger charge is 2.19. The molecule has 72 valence electrons. The molecule has 0 saturated heterocycles. The van der Waals surface area contributed by atoms with Gasteiger partial charge in [0.05, 0.1) is 5.25 Å². The Morgan fingerprint density at radius 2 is 1.77 bits per heavy atom. The molecule has 0 aliphatic carbocycles. The average molecular weight is 223 g/mol. The van der Waals surface area contributed by atoms with Crippen LogP contribution in [-0.2, 0) is 9.05 Å². The van der Waals surface area contributed by atoms with Crippen molar-refractivity contribution >= 4 is 19.7 Å². The Morgan fingerprint density at radius 1 is 1.31 bits per heavy atom. The third kappa shape index (κ3) is 2.67. The van der Waals surface area contributed by atoms with Crippen LogP contribution < -0.4 is 0 Å². The molecule has 0 radical (unpaired) electrons. The molecule has 0 aliphatic rings. The molecule has 0 amide bonds. The number of rotatable bonds is 2. The third-order valence-corrected chi connectivity index (χ3v) is 3.68. The summed E-state index contributed by atoms with van der Waals surface area (Å²) in [5, 5.41) is -0.810. The molecule has 0 saturated carbocycles. The highest BCUT2D eigenvalue weighted by atomic mass is 35.7. The van der Waals surface area contributed by atoms with Crippen LogP contribution in [-0.4, -0.2) is 8.42 Å². The molecule has 1 unspecified atom stereocenters. The van der Waals surface area contributed by atoms with Gasteiger partial charge in [-0.2, -0.15) is 0 Å². The van der Waals surface area contributed by atoms with E-state index < -0.39 is 20.1 Å². The molecular formula is C8H8ClFO2S. The van der Waals surface area contributed by atoms with Crippen LogP contribution in [0.15, 0.2) is 24.3 Å². The van der Waals surface area contributed by atoms with E-state index in [-0.39, 0.29) is 0 Å². The standard InChI is InChI=1S/C8H8ClFO2S/c1-6(13(9,11)12)7-2-4-8(10)5-3-7/h2-6H,1H3. The van der Waals surface area contributed by atoms with Crippen LogP contribution in [0.4, 0.5) is 4.39 Å². The number of benzene rings is 1. The Labute approximate surface area is 80.8 Å². The lowest BCUT2D eigenvalue weighted by atomic mass is 10.2. The first-order valence-electron chi connectivity index (χ1n) is 3.60. The maximum atomic E-state index is 12.5. The van der Waals surface area contributed by atoms with E-state index in [1.807, 2.05) is 0 Å². The van der Waals surface area contributed by atoms with Crippen molar-refractivity contribution in [1.82, 2.24) is 0 Å². The molecule has 13 heavy (non-hydrogen) atoms. The molecule has 0 aliphatic heterocycles. The minimum absolute atomic E-state index is 0.400. The van der Waals surface area contributed by atoms with E-state index in [2.05, 4.69) is 0 Å². The largest absolute Gasteiger partial charge is 0.239 e. The van der Waals surface area contributed by atoms with Crippen molar-refractivity contribution < 1.29 is 12.8 Å². The maximum Gasteiger partial charge on any atom is 0.239 e. The summed E-state index contributed by atoms with van der Waals surface area (Å²) < 4.78 is 34.2. The molecule has 1 aromatic carbocycles.